The van der Waals surface area contributed by atoms with Gasteiger partial charge in [-0.05, 0) is 54.6 Å². The minimum atomic E-state index is 0.534. The van der Waals surface area contributed by atoms with Crippen LogP contribution < -0.4 is 0 Å². The van der Waals surface area contributed by atoms with Crippen LogP contribution in [0.1, 0.15) is 5.56 Å². The van der Waals surface area contributed by atoms with E-state index >= 15 is 0 Å². The average Bonchev–Trinajstić information content (AvgIpc) is 3.89. The molecule has 0 aliphatic rings. The molecular formula is C46H26N6S. The molecule has 246 valence electrons. The van der Waals surface area contributed by atoms with Gasteiger partial charge in [-0.1, -0.05) is 103 Å². The van der Waals surface area contributed by atoms with Crippen molar-refractivity contribution in [2.24, 2.45) is 0 Å². The average molecular weight is 695 g/mol. The summed E-state index contributed by atoms with van der Waals surface area (Å²) in [6, 6.07) is 56.5. The van der Waals surface area contributed by atoms with Gasteiger partial charge in [0.05, 0.1) is 38.4 Å². The maximum Gasteiger partial charge on any atom is 0.238 e. The molecule has 4 heterocycles. The number of fused-ring (bicyclic) bond motifs is 12. The van der Waals surface area contributed by atoms with Crippen molar-refractivity contribution in [2.45, 2.75) is 0 Å². The minimum absolute atomic E-state index is 0.534. The quantitative estimate of drug-likeness (QED) is 0.184. The molecule has 0 aliphatic carbocycles. The van der Waals surface area contributed by atoms with Crippen LogP contribution in [-0.4, -0.2) is 24.1 Å². The van der Waals surface area contributed by atoms with E-state index in [2.05, 4.69) is 118 Å². The van der Waals surface area contributed by atoms with Gasteiger partial charge in [-0.2, -0.15) is 15.2 Å². The second kappa shape index (κ2) is 11.4. The van der Waals surface area contributed by atoms with Gasteiger partial charge < -0.3 is 4.57 Å². The Morgan fingerprint density at radius 2 is 1.02 bits per heavy atom. The first-order valence-corrected chi connectivity index (χ1v) is 18.3. The molecule has 0 spiro atoms. The van der Waals surface area contributed by atoms with Gasteiger partial charge in [0.15, 0.2) is 11.6 Å². The summed E-state index contributed by atoms with van der Waals surface area (Å²) in [5.41, 5.74) is 7.85. The highest BCUT2D eigenvalue weighted by Crippen LogP contribution is 2.51. The number of aromatic nitrogens is 5. The van der Waals surface area contributed by atoms with E-state index in [-0.39, 0.29) is 0 Å². The first kappa shape index (κ1) is 29.6. The molecule has 0 bridgehead atoms. The number of hydrogen-bond donors (Lipinski definition) is 0. The van der Waals surface area contributed by atoms with Gasteiger partial charge in [0, 0.05) is 53.8 Å². The molecule has 0 amide bonds. The molecule has 0 fully saturated rings. The van der Waals surface area contributed by atoms with Crippen molar-refractivity contribution in [3.05, 3.63) is 163 Å². The van der Waals surface area contributed by atoms with Crippen molar-refractivity contribution in [3.8, 4) is 40.5 Å². The number of rotatable bonds is 4. The molecule has 11 aromatic rings. The molecule has 4 aromatic heterocycles. The van der Waals surface area contributed by atoms with Gasteiger partial charge in [0.1, 0.15) is 0 Å². The van der Waals surface area contributed by atoms with Crippen LogP contribution in [-0.2, 0) is 0 Å². The summed E-state index contributed by atoms with van der Waals surface area (Å²) in [7, 11) is 0. The van der Waals surface area contributed by atoms with Gasteiger partial charge in [0.25, 0.3) is 0 Å². The third-order valence-electron chi connectivity index (χ3n) is 10.2. The number of hydrogen-bond acceptors (Lipinski definition) is 5. The van der Waals surface area contributed by atoms with E-state index in [1.54, 1.807) is 0 Å². The van der Waals surface area contributed by atoms with E-state index in [4.69, 9.17) is 15.0 Å². The molecule has 0 radical (unpaired) electrons. The van der Waals surface area contributed by atoms with Gasteiger partial charge >= 0.3 is 0 Å². The Kier molecular flexibility index (Phi) is 6.38. The van der Waals surface area contributed by atoms with Crippen LogP contribution >= 0.6 is 11.3 Å². The summed E-state index contributed by atoms with van der Waals surface area (Å²) in [6.45, 7) is 0. The number of benzene rings is 7. The molecule has 11 rings (SSSR count). The summed E-state index contributed by atoms with van der Waals surface area (Å²) in [6.07, 6.45) is 0. The van der Waals surface area contributed by atoms with Crippen LogP contribution in [0.25, 0.3) is 98.2 Å². The molecule has 0 atom stereocenters. The van der Waals surface area contributed by atoms with E-state index in [1.165, 1.54) is 41.8 Å². The van der Waals surface area contributed by atoms with Gasteiger partial charge in [-0.3, -0.25) is 4.57 Å². The first-order valence-electron chi connectivity index (χ1n) is 17.4. The van der Waals surface area contributed by atoms with Crippen molar-refractivity contribution in [3.63, 3.8) is 0 Å². The van der Waals surface area contributed by atoms with Gasteiger partial charge in [-0.25, -0.2) is 4.98 Å². The van der Waals surface area contributed by atoms with Crippen LogP contribution in [0.2, 0.25) is 0 Å². The van der Waals surface area contributed by atoms with Gasteiger partial charge in [0.2, 0.25) is 5.95 Å². The fourth-order valence-electron chi connectivity index (χ4n) is 7.94. The summed E-state index contributed by atoms with van der Waals surface area (Å²) in [5, 5.41) is 16.6. The zero-order valence-electron chi connectivity index (χ0n) is 28.1. The Bertz CT molecular complexity index is 3280. The number of para-hydroxylation sites is 3. The third-order valence-corrected chi connectivity index (χ3v) is 11.4. The maximum atomic E-state index is 9.52. The van der Waals surface area contributed by atoms with Gasteiger partial charge in [-0.15, -0.1) is 11.3 Å². The van der Waals surface area contributed by atoms with E-state index in [1.807, 2.05) is 65.9 Å². The van der Waals surface area contributed by atoms with Crippen molar-refractivity contribution in [1.29, 1.82) is 5.26 Å². The summed E-state index contributed by atoms with van der Waals surface area (Å²) < 4.78 is 7.12. The standard InChI is InChI=1S/C46H26N6S/c47-27-28-23-25-30(26-24-28)45-48-44(29-13-3-1-4-14-29)49-46(50-45)52-36-21-11-8-18-33(36)38-39-32-17-7-10-20-35(32)51(31-15-5-2-6-16-31)42(39)43-40(41(38)52)34-19-9-12-22-37(34)53-43/h1-26H. The first-order chi connectivity index (χ1) is 26.3. The van der Waals surface area contributed by atoms with E-state index in [0.717, 1.165) is 38.8 Å². The zero-order chi connectivity index (χ0) is 35.0. The highest BCUT2D eigenvalue weighted by atomic mass is 32.1. The van der Waals surface area contributed by atoms with Crippen LogP contribution in [0, 0.1) is 11.3 Å². The largest absolute Gasteiger partial charge is 0.308 e. The van der Waals surface area contributed by atoms with Crippen LogP contribution in [0.4, 0.5) is 0 Å². The normalized spacial score (nSPS) is 11.8. The maximum absolute atomic E-state index is 9.52. The number of nitriles is 1. The molecule has 53 heavy (non-hydrogen) atoms. The molecule has 0 saturated heterocycles. The summed E-state index contributed by atoms with van der Waals surface area (Å²) >= 11 is 1.83. The Morgan fingerprint density at radius 1 is 0.472 bits per heavy atom. The van der Waals surface area contributed by atoms with Crippen LogP contribution in [0.15, 0.2) is 158 Å². The lowest BCUT2D eigenvalue weighted by Gasteiger charge is -2.12. The van der Waals surface area contributed by atoms with Crippen molar-refractivity contribution in [2.75, 3.05) is 0 Å². The Labute approximate surface area is 307 Å². The van der Waals surface area contributed by atoms with Crippen LogP contribution in [0.3, 0.4) is 0 Å². The molecule has 7 aromatic carbocycles. The summed E-state index contributed by atoms with van der Waals surface area (Å²) in [4.78, 5) is 15.5. The smallest absolute Gasteiger partial charge is 0.238 e. The molecule has 0 aliphatic heterocycles. The second-order valence-corrected chi connectivity index (χ2v) is 14.2. The second-order valence-electron chi connectivity index (χ2n) is 13.1. The lowest BCUT2D eigenvalue weighted by Crippen LogP contribution is -2.06. The van der Waals surface area contributed by atoms with Crippen molar-refractivity contribution < 1.29 is 0 Å². The van der Waals surface area contributed by atoms with Crippen molar-refractivity contribution >= 4 is 75.1 Å². The molecule has 0 unspecified atom stereocenters. The third kappa shape index (κ3) is 4.34. The highest BCUT2D eigenvalue weighted by molar-refractivity contribution is 7.27. The Hall–Kier alpha value is -7.14. The monoisotopic (exact) mass is 694 g/mol. The molecule has 6 nitrogen and oxygen atoms in total. The number of thiophene rings is 1. The molecular weight excluding hydrogens is 669 g/mol. The highest BCUT2D eigenvalue weighted by Gasteiger charge is 2.27. The van der Waals surface area contributed by atoms with E-state index in [9.17, 15) is 5.26 Å². The number of nitrogens with zero attached hydrogens (tertiary/aromatic N) is 6. The van der Waals surface area contributed by atoms with Crippen LogP contribution in [0.5, 0.6) is 0 Å². The fraction of sp³-hybridized carbons (Fsp3) is 0. The van der Waals surface area contributed by atoms with E-state index < -0.39 is 0 Å². The Balaban J connectivity index is 1.37. The molecule has 0 saturated carbocycles. The lowest BCUT2D eigenvalue weighted by atomic mass is 10.0. The lowest BCUT2D eigenvalue weighted by molar-refractivity contribution is 0.955. The van der Waals surface area contributed by atoms with Crippen molar-refractivity contribution in [1.82, 2.24) is 24.1 Å². The summed E-state index contributed by atoms with van der Waals surface area (Å²) in [5.74, 6) is 1.65. The fourth-order valence-corrected chi connectivity index (χ4v) is 9.19. The molecule has 0 N–H and O–H groups in total. The molecule has 7 heteroatoms. The SMILES string of the molecule is N#Cc1ccc(-c2nc(-c3ccccc3)nc(-n3c4ccccc4c4c5c6ccccc6n(-c6ccccc6)c5c5sc6ccccc6c5c43)n2)cc1. The topological polar surface area (TPSA) is 72.3 Å². The predicted molar refractivity (Wildman–Crippen MR) is 217 cm³/mol. The zero-order valence-corrected chi connectivity index (χ0v) is 28.9. The van der Waals surface area contributed by atoms with E-state index in [0.29, 0.717) is 23.2 Å². The minimum Gasteiger partial charge on any atom is -0.308 e. The predicted octanol–water partition coefficient (Wildman–Crippen LogP) is 11.6. The Morgan fingerprint density at radius 3 is 1.70 bits per heavy atom.